The Balaban J connectivity index is 1.84. The van der Waals surface area contributed by atoms with Gasteiger partial charge in [0, 0.05) is 38.3 Å². The number of hydrogen-bond donors (Lipinski definition) is 0. The van der Waals surface area contributed by atoms with Crippen LogP contribution in [-0.2, 0) is 6.54 Å². The Kier molecular flexibility index (Phi) is 5.28. The van der Waals surface area contributed by atoms with Crippen LogP contribution in [-0.4, -0.2) is 42.5 Å². The van der Waals surface area contributed by atoms with E-state index in [4.69, 9.17) is 0 Å². The van der Waals surface area contributed by atoms with E-state index in [-0.39, 0.29) is 0 Å². The number of rotatable bonds is 5. The van der Waals surface area contributed by atoms with Crippen molar-refractivity contribution in [3.8, 4) is 0 Å². The lowest BCUT2D eigenvalue weighted by molar-refractivity contribution is 0.125. The van der Waals surface area contributed by atoms with Crippen molar-refractivity contribution in [3.63, 3.8) is 0 Å². The van der Waals surface area contributed by atoms with E-state index in [1.165, 1.54) is 18.9 Å². The summed E-state index contributed by atoms with van der Waals surface area (Å²) >= 11 is 0. The molecule has 2 rings (SSSR count). The van der Waals surface area contributed by atoms with Crippen LogP contribution in [0.5, 0.6) is 0 Å². The van der Waals surface area contributed by atoms with E-state index in [1.807, 2.05) is 0 Å². The van der Waals surface area contributed by atoms with E-state index in [1.54, 1.807) is 12.1 Å². The van der Waals surface area contributed by atoms with Gasteiger partial charge in [-0.25, -0.2) is 8.78 Å². The fourth-order valence-electron chi connectivity index (χ4n) is 2.46. The van der Waals surface area contributed by atoms with Crippen LogP contribution < -0.4 is 0 Å². The van der Waals surface area contributed by atoms with Crippen LogP contribution in [0.25, 0.3) is 0 Å². The molecule has 0 aromatic heterocycles. The molecule has 1 saturated heterocycles. The van der Waals surface area contributed by atoms with Gasteiger partial charge in [-0.05, 0) is 19.0 Å². The van der Waals surface area contributed by atoms with Crippen molar-refractivity contribution < 1.29 is 8.78 Å². The predicted molar refractivity (Wildman–Crippen MR) is 73.0 cm³/mol. The van der Waals surface area contributed by atoms with Gasteiger partial charge >= 0.3 is 0 Å². The highest BCUT2D eigenvalue weighted by molar-refractivity contribution is 5.18. The second kappa shape index (κ2) is 6.96. The fourth-order valence-corrected chi connectivity index (χ4v) is 2.46. The van der Waals surface area contributed by atoms with Crippen molar-refractivity contribution in [1.82, 2.24) is 9.80 Å². The lowest BCUT2D eigenvalue weighted by Crippen LogP contribution is -2.46. The van der Waals surface area contributed by atoms with Crippen LogP contribution >= 0.6 is 0 Å². The molecule has 1 fully saturated rings. The first-order valence-corrected chi connectivity index (χ1v) is 7.08. The molecular weight excluding hydrogens is 246 g/mol. The Bertz CT molecular complexity index is 401. The number of benzene rings is 1. The number of piperazine rings is 1. The van der Waals surface area contributed by atoms with E-state index >= 15 is 0 Å². The van der Waals surface area contributed by atoms with E-state index in [2.05, 4.69) is 16.7 Å². The Morgan fingerprint density at radius 2 is 1.74 bits per heavy atom. The quantitative estimate of drug-likeness (QED) is 0.810. The lowest BCUT2D eigenvalue weighted by Gasteiger charge is -2.34. The van der Waals surface area contributed by atoms with Gasteiger partial charge in [0.1, 0.15) is 0 Å². The monoisotopic (exact) mass is 268 g/mol. The summed E-state index contributed by atoms with van der Waals surface area (Å²) in [6, 6.07) is 4.41. The molecule has 0 unspecified atom stereocenters. The van der Waals surface area contributed by atoms with E-state index in [0.717, 1.165) is 32.7 Å². The molecule has 0 amide bonds. The number of halogens is 2. The second-order valence-corrected chi connectivity index (χ2v) is 5.18. The molecule has 1 aliphatic rings. The van der Waals surface area contributed by atoms with Crippen LogP contribution in [0.2, 0.25) is 0 Å². The van der Waals surface area contributed by atoms with Crippen molar-refractivity contribution in [2.45, 2.75) is 26.3 Å². The topological polar surface area (TPSA) is 6.48 Å². The maximum absolute atomic E-state index is 13.6. The zero-order valence-electron chi connectivity index (χ0n) is 11.5. The largest absolute Gasteiger partial charge is 0.301 e. The number of hydrogen-bond acceptors (Lipinski definition) is 2. The smallest absolute Gasteiger partial charge is 0.163 e. The van der Waals surface area contributed by atoms with Crippen LogP contribution in [0, 0.1) is 11.6 Å². The van der Waals surface area contributed by atoms with Gasteiger partial charge in [-0.3, -0.25) is 4.90 Å². The van der Waals surface area contributed by atoms with E-state index in [9.17, 15) is 8.78 Å². The number of unbranched alkanes of at least 4 members (excludes halogenated alkanes) is 1. The van der Waals surface area contributed by atoms with Gasteiger partial charge in [0.05, 0.1) is 0 Å². The molecule has 4 heteroatoms. The standard InChI is InChI=1S/C15H22F2N2/c1-2-3-7-18-8-10-19(11-9-18)12-13-5-4-6-14(16)15(13)17/h4-6H,2-3,7-12H2,1H3. The van der Waals surface area contributed by atoms with Crippen LogP contribution in [0.3, 0.4) is 0 Å². The molecule has 0 saturated carbocycles. The lowest BCUT2D eigenvalue weighted by atomic mass is 10.1. The summed E-state index contributed by atoms with van der Waals surface area (Å²) in [5, 5.41) is 0. The molecular formula is C15H22F2N2. The molecule has 0 spiro atoms. The summed E-state index contributed by atoms with van der Waals surface area (Å²) in [5.74, 6) is -1.45. The summed E-state index contributed by atoms with van der Waals surface area (Å²) in [6.45, 7) is 7.76. The molecule has 1 aromatic carbocycles. The summed E-state index contributed by atoms with van der Waals surface area (Å²) < 4.78 is 26.7. The normalized spacial score (nSPS) is 17.8. The van der Waals surface area contributed by atoms with Gasteiger partial charge in [-0.1, -0.05) is 25.5 Å². The molecule has 1 aromatic rings. The van der Waals surface area contributed by atoms with Gasteiger partial charge in [0.15, 0.2) is 11.6 Å². The molecule has 0 bridgehead atoms. The first-order valence-electron chi connectivity index (χ1n) is 7.08. The minimum absolute atomic E-state index is 0.460. The van der Waals surface area contributed by atoms with Gasteiger partial charge in [0.25, 0.3) is 0 Å². The first kappa shape index (κ1) is 14.4. The van der Waals surface area contributed by atoms with Gasteiger partial charge < -0.3 is 4.90 Å². The Hall–Kier alpha value is -1.00. The summed E-state index contributed by atoms with van der Waals surface area (Å²) in [7, 11) is 0. The maximum Gasteiger partial charge on any atom is 0.163 e. The van der Waals surface area contributed by atoms with Crippen LogP contribution in [0.15, 0.2) is 18.2 Å². The van der Waals surface area contributed by atoms with Crippen LogP contribution in [0.4, 0.5) is 8.78 Å². The second-order valence-electron chi connectivity index (χ2n) is 5.18. The molecule has 0 atom stereocenters. The highest BCUT2D eigenvalue weighted by Crippen LogP contribution is 2.15. The van der Waals surface area contributed by atoms with Gasteiger partial charge in [0.2, 0.25) is 0 Å². The van der Waals surface area contributed by atoms with Crippen LogP contribution in [0.1, 0.15) is 25.3 Å². The van der Waals surface area contributed by atoms with Crippen molar-refractivity contribution >= 4 is 0 Å². The molecule has 0 radical (unpaired) electrons. The average Bonchev–Trinajstić information content (AvgIpc) is 2.43. The van der Waals surface area contributed by atoms with Crippen molar-refractivity contribution in [2.24, 2.45) is 0 Å². The average molecular weight is 268 g/mol. The Morgan fingerprint density at radius 3 is 2.42 bits per heavy atom. The van der Waals surface area contributed by atoms with Crippen molar-refractivity contribution in [1.29, 1.82) is 0 Å². The van der Waals surface area contributed by atoms with E-state index in [0.29, 0.717) is 12.1 Å². The molecule has 0 N–H and O–H groups in total. The maximum atomic E-state index is 13.6. The van der Waals surface area contributed by atoms with Crippen molar-refractivity contribution in [2.75, 3.05) is 32.7 Å². The molecule has 1 heterocycles. The molecule has 19 heavy (non-hydrogen) atoms. The SMILES string of the molecule is CCCCN1CCN(Cc2cccc(F)c2F)CC1. The molecule has 0 aliphatic carbocycles. The number of nitrogens with zero attached hydrogens (tertiary/aromatic N) is 2. The minimum Gasteiger partial charge on any atom is -0.301 e. The summed E-state index contributed by atoms with van der Waals surface area (Å²) in [6.07, 6.45) is 2.45. The minimum atomic E-state index is -0.751. The third kappa shape index (κ3) is 3.98. The Morgan fingerprint density at radius 1 is 1.05 bits per heavy atom. The zero-order chi connectivity index (χ0) is 13.7. The highest BCUT2D eigenvalue weighted by atomic mass is 19.2. The first-order chi connectivity index (χ1) is 9.20. The van der Waals surface area contributed by atoms with Crippen molar-refractivity contribution in [3.05, 3.63) is 35.4 Å². The Labute approximate surface area is 114 Å². The fraction of sp³-hybridized carbons (Fsp3) is 0.600. The van der Waals surface area contributed by atoms with Gasteiger partial charge in [-0.15, -0.1) is 0 Å². The third-order valence-electron chi connectivity index (χ3n) is 3.72. The summed E-state index contributed by atoms with van der Waals surface area (Å²) in [5.41, 5.74) is 0.460. The zero-order valence-corrected chi connectivity index (χ0v) is 11.5. The predicted octanol–water partition coefficient (Wildman–Crippen LogP) is 2.88. The van der Waals surface area contributed by atoms with E-state index < -0.39 is 11.6 Å². The summed E-state index contributed by atoms with van der Waals surface area (Å²) in [4.78, 5) is 4.64. The molecule has 2 nitrogen and oxygen atoms in total. The highest BCUT2D eigenvalue weighted by Gasteiger charge is 2.18. The van der Waals surface area contributed by atoms with Gasteiger partial charge in [-0.2, -0.15) is 0 Å². The molecule has 1 aliphatic heterocycles. The molecule has 106 valence electrons. The third-order valence-corrected chi connectivity index (χ3v) is 3.72.